The van der Waals surface area contributed by atoms with Crippen LogP contribution < -0.4 is 10.6 Å². The second kappa shape index (κ2) is 21.9. The van der Waals surface area contributed by atoms with Crippen molar-refractivity contribution in [1.82, 2.24) is 25.3 Å². The number of carbonyl (C=O) groups excluding carboxylic acids is 4. The highest BCUT2D eigenvalue weighted by Gasteiger charge is 2.54. The van der Waals surface area contributed by atoms with Crippen molar-refractivity contribution in [3.05, 3.63) is 0 Å². The fourth-order valence-electron chi connectivity index (χ4n) is 10.3. The second-order valence-corrected chi connectivity index (χ2v) is 20.7. The molecule has 0 aliphatic carbocycles. The van der Waals surface area contributed by atoms with Crippen LogP contribution in [-0.4, -0.2) is 192 Å². The summed E-state index contributed by atoms with van der Waals surface area (Å²) in [6.07, 6.45) is -2.47. The van der Waals surface area contributed by atoms with Crippen LogP contribution in [0.1, 0.15) is 101 Å². The van der Waals surface area contributed by atoms with Crippen molar-refractivity contribution < 1.29 is 57.8 Å². The Morgan fingerprint density at radius 1 is 1.02 bits per heavy atom. The van der Waals surface area contributed by atoms with Crippen LogP contribution in [0.15, 0.2) is 4.99 Å². The average molecular weight is 927 g/mol. The number of nitrogens with zero attached hydrogens (tertiary/aromatic N) is 4. The predicted molar refractivity (Wildman–Crippen MR) is 241 cm³/mol. The molecule has 0 unspecified atom stereocenters. The SMILES string of the molecule is CO[C@]1(C)C[C@H](O[C@@H]2[C@H](C)[C@@H](O[C@@H]3O[C@H](C)C[C@H]4[C@H]3OC(=NC(C)C)N4C)[C@](C)(O)C[C@@H](C)CN(C)C(=O)CNC(=O)[C@@H]3CCCN3C(=O)[C@H](CCSC)NC(=O)[C@@H]2C)O[C@@H](C)[C@@H]1O. The van der Waals surface area contributed by atoms with Crippen LogP contribution in [0.2, 0.25) is 0 Å². The first kappa shape index (κ1) is 52.2. The summed E-state index contributed by atoms with van der Waals surface area (Å²) in [5.74, 6) is -3.10. The van der Waals surface area contributed by atoms with Gasteiger partial charge in [0.2, 0.25) is 23.6 Å². The molecule has 0 saturated carbocycles. The van der Waals surface area contributed by atoms with E-state index in [0.717, 1.165) is 0 Å². The van der Waals surface area contributed by atoms with E-state index in [9.17, 15) is 29.4 Å². The van der Waals surface area contributed by atoms with Crippen molar-refractivity contribution in [2.75, 3.05) is 52.8 Å². The number of aliphatic imine (C=N–C) groups is 1. The first-order chi connectivity index (χ1) is 30.0. The van der Waals surface area contributed by atoms with E-state index in [1.54, 1.807) is 34.7 Å². The molecule has 0 aromatic rings. The van der Waals surface area contributed by atoms with Crippen molar-refractivity contribution >= 4 is 41.4 Å². The van der Waals surface area contributed by atoms with Crippen molar-refractivity contribution in [2.45, 2.75) is 185 Å². The summed E-state index contributed by atoms with van der Waals surface area (Å²) in [5.41, 5.74) is -2.70. The summed E-state index contributed by atoms with van der Waals surface area (Å²) >= 11 is 1.53. The van der Waals surface area contributed by atoms with E-state index in [2.05, 4.69) is 10.6 Å². The number of aliphatic hydroxyl groups is 2. The van der Waals surface area contributed by atoms with Crippen LogP contribution >= 0.6 is 11.8 Å². The fourth-order valence-corrected chi connectivity index (χ4v) is 10.7. The van der Waals surface area contributed by atoms with Crippen molar-refractivity contribution in [1.29, 1.82) is 0 Å². The molecule has 0 aromatic heterocycles. The molecule has 366 valence electrons. The number of aliphatic hydroxyl groups excluding tert-OH is 1. The Hall–Kier alpha value is -2.78. The summed E-state index contributed by atoms with van der Waals surface area (Å²) in [6, 6.07) is -1.47. The number of hydrogen-bond acceptors (Lipinski definition) is 14. The maximum absolute atomic E-state index is 14.8. The average Bonchev–Trinajstić information content (AvgIpc) is 3.84. The van der Waals surface area contributed by atoms with Crippen LogP contribution in [0.3, 0.4) is 0 Å². The van der Waals surface area contributed by atoms with Crippen LogP contribution in [0.5, 0.6) is 0 Å². The van der Waals surface area contributed by atoms with Gasteiger partial charge in [0.25, 0.3) is 6.02 Å². The molecule has 64 heavy (non-hydrogen) atoms. The van der Waals surface area contributed by atoms with E-state index in [1.807, 2.05) is 52.8 Å². The van der Waals surface area contributed by atoms with Gasteiger partial charge in [0.05, 0.1) is 54.1 Å². The summed E-state index contributed by atoms with van der Waals surface area (Å²) < 4.78 is 39.1. The number of amidine groups is 1. The Morgan fingerprint density at radius 3 is 2.38 bits per heavy atom. The third kappa shape index (κ3) is 12.0. The molecule has 5 aliphatic heterocycles. The van der Waals surface area contributed by atoms with Crippen molar-refractivity contribution in [2.24, 2.45) is 22.7 Å². The zero-order chi connectivity index (χ0) is 47.4. The van der Waals surface area contributed by atoms with E-state index in [0.29, 0.717) is 44.0 Å². The highest BCUT2D eigenvalue weighted by Crippen LogP contribution is 2.41. The third-order valence-corrected chi connectivity index (χ3v) is 14.5. The van der Waals surface area contributed by atoms with Gasteiger partial charge in [-0.3, -0.25) is 19.2 Å². The summed E-state index contributed by atoms with van der Waals surface area (Å²) in [4.78, 5) is 66.0. The van der Waals surface area contributed by atoms with Gasteiger partial charge >= 0.3 is 0 Å². The van der Waals surface area contributed by atoms with Gasteiger partial charge in [0.1, 0.15) is 18.2 Å². The summed E-state index contributed by atoms with van der Waals surface area (Å²) in [5, 5.41) is 29.8. The lowest BCUT2D eigenvalue weighted by Crippen LogP contribution is -2.60. The molecule has 19 heteroatoms. The van der Waals surface area contributed by atoms with Gasteiger partial charge in [-0.15, -0.1) is 0 Å². The Balaban J connectivity index is 1.60. The molecule has 0 radical (unpaired) electrons. The Morgan fingerprint density at radius 2 is 1.72 bits per heavy atom. The molecule has 0 spiro atoms. The number of likely N-dealkylation sites (N-methyl/N-ethyl adjacent to an activating group) is 2. The molecular formula is C45H78N6O12S. The first-order valence-corrected chi connectivity index (χ1v) is 24.6. The highest BCUT2D eigenvalue weighted by molar-refractivity contribution is 7.98. The van der Waals surface area contributed by atoms with Gasteiger partial charge in [-0.05, 0) is 91.6 Å². The minimum Gasteiger partial charge on any atom is -0.454 e. The molecule has 18 nitrogen and oxygen atoms in total. The Kier molecular flexibility index (Phi) is 17.9. The number of rotatable bonds is 9. The number of carbonyl (C=O) groups is 4. The zero-order valence-electron chi connectivity index (χ0n) is 40.4. The molecule has 5 rings (SSSR count). The minimum atomic E-state index is -1.64. The second-order valence-electron chi connectivity index (χ2n) is 19.7. The first-order valence-electron chi connectivity index (χ1n) is 23.2. The van der Waals surface area contributed by atoms with Gasteiger partial charge in [-0.1, -0.05) is 20.8 Å². The van der Waals surface area contributed by atoms with Gasteiger partial charge < -0.3 is 64.0 Å². The van der Waals surface area contributed by atoms with Gasteiger partial charge in [0.15, 0.2) is 18.7 Å². The molecule has 5 aliphatic rings. The van der Waals surface area contributed by atoms with E-state index in [4.69, 9.17) is 33.4 Å². The molecule has 4 N–H and O–H groups in total. The number of amides is 4. The van der Waals surface area contributed by atoms with Crippen LogP contribution in [-0.2, 0) is 47.6 Å². The van der Waals surface area contributed by atoms with Crippen LogP contribution in [0.25, 0.3) is 0 Å². The number of thioether (sulfide) groups is 1. The van der Waals surface area contributed by atoms with Crippen LogP contribution in [0.4, 0.5) is 0 Å². The monoisotopic (exact) mass is 927 g/mol. The maximum Gasteiger partial charge on any atom is 0.288 e. The lowest BCUT2D eigenvalue weighted by molar-refractivity contribution is -0.313. The number of nitrogens with one attached hydrogen (secondary N) is 2. The highest BCUT2D eigenvalue weighted by atomic mass is 32.2. The van der Waals surface area contributed by atoms with Crippen molar-refractivity contribution in [3.8, 4) is 0 Å². The summed E-state index contributed by atoms with van der Waals surface area (Å²) in [6.45, 7) is 16.9. The van der Waals surface area contributed by atoms with Crippen LogP contribution in [0, 0.1) is 17.8 Å². The molecule has 4 amide bonds. The Labute approximate surface area is 384 Å². The zero-order valence-corrected chi connectivity index (χ0v) is 41.2. The largest absolute Gasteiger partial charge is 0.454 e. The normalized spacial score (nSPS) is 41.8. The predicted octanol–water partition coefficient (Wildman–Crippen LogP) is 2.12. The van der Waals surface area contributed by atoms with E-state index in [1.165, 1.54) is 28.7 Å². The quantitative estimate of drug-likeness (QED) is 0.261. The van der Waals surface area contributed by atoms with E-state index in [-0.39, 0.29) is 61.9 Å². The van der Waals surface area contributed by atoms with Gasteiger partial charge in [0, 0.05) is 52.7 Å². The molecule has 5 saturated heterocycles. The molecular weight excluding hydrogens is 849 g/mol. The summed E-state index contributed by atoms with van der Waals surface area (Å²) in [7, 11) is 5.10. The number of hydrogen-bond donors (Lipinski definition) is 4. The lowest BCUT2D eigenvalue weighted by Gasteiger charge is -2.48. The molecule has 0 bridgehead atoms. The van der Waals surface area contributed by atoms with Gasteiger partial charge in [-0.25, -0.2) is 4.99 Å². The van der Waals surface area contributed by atoms with E-state index < -0.39 is 90.0 Å². The topological polar surface area (TPSA) is 210 Å². The smallest absolute Gasteiger partial charge is 0.288 e. The van der Waals surface area contributed by atoms with Crippen molar-refractivity contribution in [3.63, 3.8) is 0 Å². The van der Waals surface area contributed by atoms with E-state index >= 15 is 0 Å². The minimum absolute atomic E-state index is 0.0336. The third-order valence-electron chi connectivity index (χ3n) is 13.8. The molecule has 16 atom stereocenters. The number of fused-ring (bicyclic) bond motifs is 2. The molecule has 5 heterocycles. The van der Waals surface area contributed by atoms with Gasteiger partial charge in [-0.2, -0.15) is 11.8 Å². The molecule has 5 fully saturated rings. The Bertz CT molecular complexity index is 1660. The lowest BCUT2D eigenvalue weighted by atomic mass is 9.77. The maximum atomic E-state index is 14.8. The molecule has 0 aromatic carbocycles. The number of ether oxygens (including phenoxy) is 6. The number of methoxy groups -OCH3 is 1. The standard InChI is InChI=1S/C45H78N6O12S/c1-24(2)47-43-50(11)32-19-26(4)59-42(36(32)62-43)63-38-27(5)35(61-34-21-45(9,58-12)37(53)29(7)60-34)28(6)39(54)48-30(16-18-64-13)41(56)51-17-14-15-31(51)40(55)46-22-33(52)49(10)23-25(3)20-44(38,8)57/h24-32,34-38,42,53,57H,14-23H2,1-13H3,(H,46,55)(H,48,54)/t25-,26-,27+,28-,29+,30+,31+,32+,34+,35-,36-,37+,38-,42+,44-,45-/m1/s1. The fraction of sp³-hybridized carbons (Fsp3) is 0.889.